The Morgan fingerprint density at radius 2 is 1.95 bits per heavy atom. The van der Waals surface area contributed by atoms with Gasteiger partial charge >= 0.3 is 0 Å². The summed E-state index contributed by atoms with van der Waals surface area (Å²) in [7, 11) is -3.11. The molecule has 0 bridgehead atoms. The van der Waals surface area contributed by atoms with Crippen LogP contribution in [0.25, 0.3) is 0 Å². The van der Waals surface area contributed by atoms with Crippen molar-refractivity contribution in [1.82, 2.24) is 5.32 Å². The largest absolute Gasteiger partial charge is 0.371 e. The van der Waals surface area contributed by atoms with E-state index in [1.807, 2.05) is 25.1 Å². The fourth-order valence-electron chi connectivity index (χ4n) is 2.86. The molecule has 0 spiro atoms. The third-order valence-electron chi connectivity index (χ3n) is 3.77. The normalized spacial score (nSPS) is 16.6. The number of carbonyl (C=O) groups excluding carboxylic acids is 1. The van der Waals surface area contributed by atoms with Gasteiger partial charge in [-0.2, -0.15) is 0 Å². The van der Waals surface area contributed by atoms with Crippen molar-refractivity contribution in [1.29, 1.82) is 0 Å². The SMILES string of the molecule is Cc1ccc(N2CCCC2)c(C(=O)NC(C)CS(C)(=O)=O)c1. The van der Waals surface area contributed by atoms with Gasteiger partial charge in [-0.25, -0.2) is 8.42 Å². The lowest BCUT2D eigenvalue weighted by Gasteiger charge is -2.22. The number of benzene rings is 1. The summed E-state index contributed by atoms with van der Waals surface area (Å²) in [6.45, 7) is 5.58. The first kappa shape index (κ1) is 16.8. The van der Waals surface area contributed by atoms with Crippen LogP contribution in [0.2, 0.25) is 0 Å². The van der Waals surface area contributed by atoms with Gasteiger partial charge in [0.2, 0.25) is 0 Å². The molecule has 0 aliphatic carbocycles. The minimum absolute atomic E-state index is 0.0520. The molecule has 0 saturated carbocycles. The highest BCUT2D eigenvalue weighted by Crippen LogP contribution is 2.25. The van der Waals surface area contributed by atoms with Crippen LogP contribution in [-0.2, 0) is 9.84 Å². The maximum atomic E-state index is 12.5. The van der Waals surface area contributed by atoms with E-state index in [1.54, 1.807) is 6.92 Å². The molecule has 1 aromatic carbocycles. The van der Waals surface area contributed by atoms with E-state index in [1.165, 1.54) is 6.26 Å². The predicted molar refractivity (Wildman–Crippen MR) is 89.3 cm³/mol. The van der Waals surface area contributed by atoms with Gasteiger partial charge in [0.05, 0.1) is 11.3 Å². The Bertz CT molecular complexity index is 649. The molecular weight excluding hydrogens is 300 g/mol. The second kappa shape index (κ2) is 6.69. The zero-order valence-corrected chi connectivity index (χ0v) is 14.2. The average Bonchev–Trinajstić information content (AvgIpc) is 2.89. The first-order valence-corrected chi connectivity index (χ1v) is 9.66. The van der Waals surface area contributed by atoms with Gasteiger partial charge in [-0.15, -0.1) is 0 Å². The topological polar surface area (TPSA) is 66.5 Å². The summed E-state index contributed by atoms with van der Waals surface area (Å²) in [5, 5.41) is 2.80. The van der Waals surface area contributed by atoms with Crippen molar-refractivity contribution >= 4 is 21.4 Å². The summed E-state index contributed by atoms with van der Waals surface area (Å²) in [5.74, 6) is -0.259. The van der Waals surface area contributed by atoms with E-state index < -0.39 is 15.9 Å². The summed E-state index contributed by atoms with van der Waals surface area (Å²) >= 11 is 0. The molecule has 1 aromatic rings. The fourth-order valence-corrected chi connectivity index (χ4v) is 3.85. The maximum absolute atomic E-state index is 12.5. The number of anilines is 1. The van der Waals surface area contributed by atoms with Crippen molar-refractivity contribution in [2.75, 3.05) is 30.0 Å². The van der Waals surface area contributed by atoms with E-state index in [9.17, 15) is 13.2 Å². The summed E-state index contributed by atoms with van der Waals surface area (Å²) < 4.78 is 22.7. The van der Waals surface area contributed by atoms with Crippen LogP contribution in [-0.4, -0.2) is 45.5 Å². The molecular formula is C16H24N2O3S. The molecule has 1 amide bonds. The fraction of sp³-hybridized carbons (Fsp3) is 0.562. The first-order valence-electron chi connectivity index (χ1n) is 7.60. The number of hydrogen-bond donors (Lipinski definition) is 1. The Kier molecular flexibility index (Phi) is 5.11. The summed E-state index contributed by atoms with van der Waals surface area (Å²) in [4.78, 5) is 14.8. The van der Waals surface area contributed by atoms with Crippen molar-refractivity contribution < 1.29 is 13.2 Å². The molecule has 1 N–H and O–H groups in total. The molecule has 1 heterocycles. The van der Waals surface area contributed by atoms with Crippen LogP contribution < -0.4 is 10.2 Å². The maximum Gasteiger partial charge on any atom is 0.253 e. The van der Waals surface area contributed by atoms with E-state index >= 15 is 0 Å². The predicted octanol–water partition coefficient (Wildman–Crippen LogP) is 1.76. The Hall–Kier alpha value is -1.56. The molecule has 2 rings (SSSR count). The molecule has 1 aliphatic rings. The van der Waals surface area contributed by atoms with Gasteiger partial charge in [0, 0.05) is 31.1 Å². The number of rotatable bonds is 5. The molecule has 0 aromatic heterocycles. The van der Waals surface area contributed by atoms with Crippen LogP contribution in [0.1, 0.15) is 35.7 Å². The molecule has 5 nitrogen and oxygen atoms in total. The van der Waals surface area contributed by atoms with Crippen LogP contribution >= 0.6 is 0 Å². The number of nitrogens with zero attached hydrogens (tertiary/aromatic N) is 1. The molecule has 122 valence electrons. The van der Waals surface area contributed by atoms with Gasteiger partial charge in [0.1, 0.15) is 9.84 Å². The van der Waals surface area contributed by atoms with Gasteiger partial charge < -0.3 is 10.2 Å². The number of nitrogens with one attached hydrogen (secondary N) is 1. The lowest BCUT2D eigenvalue weighted by atomic mass is 10.1. The third kappa shape index (κ3) is 4.47. The third-order valence-corrected chi connectivity index (χ3v) is 4.88. The number of aryl methyl sites for hydroxylation is 1. The van der Waals surface area contributed by atoms with E-state index in [4.69, 9.17) is 0 Å². The second-order valence-electron chi connectivity index (χ2n) is 6.18. The molecule has 1 aliphatic heterocycles. The number of amides is 1. The lowest BCUT2D eigenvalue weighted by Crippen LogP contribution is -2.38. The van der Waals surface area contributed by atoms with Crippen molar-refractivity contribution in [3.63, 3.8) is 0 Å². The van der Waals surface area contributed by atoms with Crippen molar-refractivity contribution in [2.45, 2.75) is 32.7 Å². The number of carbonyl (C=O) groups is 1. The standard InChI is InChI=1S/C16H24N2O3S/c1-12-6-7-15(18-8-4-5-9-18)14(10-12)16(19)17-13(2)11-22(3,20)21/h6-7,10,13H,4-5,8-9,11H2,1-3H3,(H,17,19). The summed E-state index contributed by atoms with van der Waals surface area (Å²) in [6.07, 6.45) is 3.46. The highest BCUT2D eigenvalue weighted by Gasteiger charge is 2.21. The van der Waals surface area contributed by atoms with E-state index in [0.29, 0.717) is 5.56 Å². The van der Waals surface area contributed by atoms with Gasteiger partial charge in [-0.3, -0.25) is 4.79 Å². The van der Waals surface area contributed by atoms with Gasteiger partial charge in [-0.05, 0) is 38.8 Å². The van der Waals surface area contributed by atoms with E-state index in [0.717, 1.165) is 37.2 Å². The van der Waals surface area contributed by atoms with E-state index in [2.05, 4.69) is 10.2 Å². The highest BCUT2D eigenvalue weighted by molar-refractivity contribution is 7.90. The molecule has 0 radical (unpaired) electrons. The van der Waals surface area contributed by atoms with Crippen molar-refractivity contribution in [3.8, 4) is 0 Å². The number of sulfone groups is 1. The smallest absolute Gasteiger partial charge is 0.253 e. The minimum atomic E-state index is -3.11. The quantitative estimate of drug-likeness (QED) is 0.896. The molecule has 22 heavy (non-hydrogen) atoms. The Morgan fingerprint density at radius 1 is 1.32 bits per heavy atom. The van der Waals surface area contributed by atoms with Crippen molar-refractivity contribution in [3.05, 3.63) is 29.3 Å². The Labute approximate surface area is 132 Å². The van der Waals surface area contributed by atoms with Crippen LogP contribution in [0.15, 0.2) is 18.2 Å². The van der Waals surface area contributed by atoms with Crippen LogP contribution in [0.5, 0.6) is 0 Å². The van der Waals surface area contributed by atoms with Crippen molar-refractivity contribution in [2.24, 2.45) is 0 Å². The highest BCUT2D eigenvalue weighted by atomic mass is 32.2. The first-order chi connectivity index (χ1) is 10.3. The monoisotopic (exact) mass is 324 g/mol. The molecule has 1 fully saturated rings. The summed E-state index contributed by atoms with van der Waals surface area (Å²) in [6, 6.07) is 5.45. The Balaban J connectivity index is 2.19. The molecule has 1 saturated heterocycles. The zero-order valence-electron chi connectivity index (χ0n) is 13.4. The molecule has 6 heteroatoms. The van der Waals surface area contributed by atoms with E-state index in [-0.39, 0.29) is 11.7 Å². The van der Waals surface area contributed by atoms with Crippen LogP contribution in [0.4, 0.5) is 5.69 Å². The zero-order chi connectivity index (χ0) is 16.3. The molecule has 1 atom stereocenters. The van der Waals surface area contributed by atoms with Gasteiger partial charge in [0.25, 0.3) is 5.91 Å². The second-order valence-corrected chi connectivity index (χ2v) is 8.37. The lowest BCUT2D eigenvalue weighted by molar-refractivity contribution is 0.0944. The minimum Gasteiger partial charge on any atom is -0.371 e. The average molecular weight is 324 g/mol. The number of hydrogen-bond acceptors (Lipinski definition) is 4. The van der Waals surface area contributed by atoms with Gasteiger partial charge in [-0.1, -0.05) is 11.6 Å². The summed E-state index contributed by atoms with van der Waals surface area (Å²) in [5.41, 5.74) is 2.58. The Morgan fingerprint density at radius 3 is 2.55 bits per heavy atom. The van der Waals surface area contributed by atoms with Gasteiger partial charge in [0.15, 0.2) is 0 Å². The van der Waals surface area contributed by atoms with Crippen LogP contribution in [0, 0.1) is 6.92 Å². The molecule has 1 unspecified atom stereocenters. The van der Waals surface area contributed by atoms with Crippen LogP contribution in [0.3, 0.4) is 0 Å².